The minimum absolute atomic E-state index is 0.323. The summed E-state index contributed by atoms with van der Waals surface area (Å²) in [6.45, 7) is 4.44. The van der Waals surface area contributed by atoms with Gasteiger partial charge in [0.1, 0.15) is 0 Å². The predicted molar refractivity (Wildman–Crippen MR) is 81.1 cm³/mol. The molecule has 1 aliphatic heterocycles. The summed E-state index contributed by atoms with van der Waals surface area (Å²) in [6, 6.07) is 2.63. The van der Waals surface area contributed by atoms with Crippen LogP contribution in [-0.4, -0.2) is 52.7 Å². The number of nitrogens with two attached hydrogens (primary N) is 1. The summed E-state index contributed by atoms with van der Waals surface area (Å²) in [6.07, 6.45) is 4.43. The Balaban J connectivity index is 1.90. The minimum Gasteiger partial charge on any atom is -0.370 e. The van der Waals surface area contributed by atoms with E-state index >= 15 is 0 Å². The summed E-state index contributed by atoms with van der Waals surface area (Å²) >= 11 is 0. The summed E-state index contributed by atoms with van der Waals surface area (Å²) in [5, 5.41) is 4.20. The van der Waals surface area contributed by atoms with Gasteiger partial charge in [-0.2, -0.15) is 4.98 Å². The van der Waals surface area contributed by atoms with Crippen molar-refractivity contribution < 1.29 is 0 Å². The number of nitrogens with zero attached hydrogens (tertiary/aromatic N) is 5. The molecule has 1 fully saturated rings. The second kappa shape index (κ2) is 4.94. The van der Waals surface area contributed by atoms with Crippen LogP contribution in [-0.2, 0) is 0 Å². The van der Waals surface area contributed by atoms with Crippen molar-refractivity contribution in [3.8, 4) is 0 Å². The van der Waals surface area contributed by atoms with E-state index in [1.54, 1.807) is 4.52 Å². The number of fused-ring (bicyclic) bond motifs is 1. The zero-order valence-electron chi connectivity index (χ0n) is 12.4. The minimum atomic E-state index is 0.323. The van der Waals surface area contributed by atoms with Crippen LogP contribution in [0.15, 0.2) is 12.3 Å². The standard InChI is InChI=1S/C14H22N6/c1-10-8-13-16-14(15)17-20(13)9-12(10)19(3)11-4-6-18(2)7-5-11/h8-9,11H,4-7H2,1-3H3,(H2,15,17). The quantitative estimate of drug-likeness (QED) is 0.890. The molecule has 3 rings (SSSR count). The lowest BCUT2D eigenvalue weighted by Gasteiger charge is -2.36. The first-order valence-electron chi connectivity index (χ1n) is 7.08. The Kier molecular flexibility index (Phi) is 3.25. The van der Waals surface area contributed by atoms with Crippen LogP contribution in [0.25, 0.3) is 5.65 Å². The highest BCUT2D eigenvalue weighted by atomic mass is 15.3. The summed E-state index contributed by atoms with van der Waals surface area (Å²) in [4.78, 5) is 8.96. The molecule has 0 radical (unpaired) electrons. The van der Waals surface area contributed by atoms with Gasteiger partial charge in [0.2, 0.25) is 5.95 Å². The van der Waals surface area contributed by atoms with Crippen LogP contribution in [0.3, 0.4) is 0 Å². The van der Waals surface area contributed by atoms with Crippen LogP contribution < -0.4 is 10.6 Å². The highest BCUT2D eigenvalue weighted by Gasteiger charge is 2.22. The van der Waals surface area contributed by atoms with Gasteiger partial charge in [-0.3, -0.25) is 0 Å². The summed E-state index contributed by atoms with van der Waals surface area (Å²) in [5.74, 6) is 0.323. The zero-order valence-corrected chi connectivity index (χ0v) is 12.4. The third-order valence-corrected chi connectivity index (χ3v) is 4.28. The first-order valence-corrected chi connectivity index (χ1v) is 7.08. The SMILES string of the molecule is Cc1cc2nc(N)nn2cc1N(C)C1CCN(C)CC1. The van der Waals surface area contributed by atoms with E-state index in [0.717, 1.165) is 18.7 Å². The highest BCUT2D eigenvalue weighted by molar-refractivity contribution is 5.58. The molecule has 3 heterocycles. The molecule has 20 heavy (non-hydrogen) atoms. The monoisotopic (exact) mass is 274 g/mol. The topological polar surface area (TPSA) is 62.7 Å². The van der Waals surface area contributed by atoms with E-state index in [-0.39, 0.29) is 0 Å². The first kappa shape index (κ1) is 13.2. The first-order chi connectivity index (χ1) is 9.54. The molecule has 1 aliphatic rings. The molecule has 0 aliphatic carbocycles. The van der Waals surface area contributed by atoms with Crippen molar-refractivity contribution in [2.75, 3.05) is 37.8 Å². The molecular weight excluding hydrogens is 252 g/mol. The van der Waals surface area contributed by atoms with E-state index in [2.05, 4.69) is 40.9 Å². The molecule has 6 nitrogen and oxygen atoms in total. The maximum absolute atomic E-state index is 5.66. The maximum Gasteiger partial charge on any atom is 0.240 e. The number of aryl methyl sites for hydroxylation is 1. The van der Waals surface area contributed by atoms with Crippen molar-refractivity contribution >= 4 is 17.3 Å². The van der Waals surface area contributed by atoms with Crippen LogP contribution in [0.5, 0.6) is 0 Å². The molecule has 2 N–H and O–H groups in total. The fraction of sp³-hybridized carbons (Fsp3) is 0.571. The Morgan fingerprint density at radius 2 is 2.05 bits per heavy atom. The molecule has 2 aromatic rings. The number of nitrogen functional groups attached to an aromatic ring is 1. The second-order valence-electron chi connectivity index (χ2n) is 5.76. The van der Waals surface area contributed by atoms with Gasteiger partial charge in [0, 0.05) is 13.1 Å². The summed E-state index contributed by atoms with van der Waals surface area (Å²) in [5.41, 5.74) is 8.89. The number of pyridine rings is 1. The van der Waals surface area contributed by atoms with Crippen LogP contribution in [0.1, 0.15) is 18.4 Å². The van der Waals surface area contributed by atoms with Gasteiger partial charge in [0.05, 0.1) is 11.9 Å². The van der Waals surface area contributed by atoms with Crippen LogP contribution in [0, 0.1) is 6.92 Å². The van der Waals surface area contributed by atoms with Crippen molar-refractivity contribution in [1.82, 2.24) is 19.5 Å². The predicted octanol–water partition coefficient (Wildman–Crippen LogP) is 1.15. The average molecular weight is 274 g/mol. The largest absolute Gasteiger partial charge is 0.370 e. The number of hydrogen-bond acceptors (Lipinski definition) is 5. The molecule has 1 saturated heterocycles. The average Bonchev–Trinajstić information content (AvgIpc) is 2.77. The van der Waals surface area contributed by atoms with Crippen molar-refractivity contribution in [2.45, 2.75) is 25.8 Å². The molecule has 0 aromatic carbocycles. The molecule has 0 atom stereocenters. The molecule has 6 heteroatoms. The fourth-order valence-electron chi connectivity index (χ4n) is 2.98. The number of piperidine rings is 1. The van der Waals surface area contributed by atoms with Gasteiger partial charge in [-0.1, -0.05) is 0 Å². The van der Waals surface area contributed by atoms with E-state index in [1.807, 2.05) is 12.3 Å². The molecular formula is C14H22N6. The van der Waals surface area contributed by atoms with E-state index in [1.165, 1.54) is 24.1 Å². The van der Waals surface area contributed by atoms with Crippen molar-refractivity contribution in [2.24, 2.45) is 0 Å². The molecule has 0 amide bonds. The lowest BCUT2D eigenvalue weighted by Crippen LogP contribution is -2.42. The molecule has 0 spiro atoms. The second-order valence-corrected chi connectivity index (χ2v) is 5.76. The third-order valence-electron chi connectivity index (χ3n) is 4.28. The van der Waals surface area contributed by atoms with Gasteiger partial charge in [0.15, 0.2) is 5.65 Å². The number of likely N-dealkylation sites (tertiary alicyclic amines) is 1. The Labute approximate surface area is 119 Å². The third kappa shape index (κ3) is 2.31. The number of anilines is 2. The van der Waals surface area contributed by atoms with Crippen molar-refractivity contribution in [1.29, 1.82) is 0 Å². The molecule has 0 bridgehead atoms. The Bertz CT molecular complexity index is 611. The normalized spacial score (nSPS) is 17.8. The molecule has 2 aromatic heterocycles. The lowest BCUT2D eigenvalue weighted by atomic mass is 10.0. The van der Waals surface area contributed by atoms with Gasteiger partial charge >= 0.3 is 0 Å². The smallest absolute Gasteiger partial charge is 0.240 e. The summed E-state index contributed by atoms with van der Waals surface area (Å²) < 4.78 is 1.77. The van der Waals surface area contributed by atoms with Gasteiger partial charge in [-0.25, -0.2) is 4.52 Å². The molecule has 108 valence electrons. The van der Waals surface area contributed by atoms with Gasteiger partial charge in [-0.15, -0.1) is 5.10 Å². The number of hydrogen-bond donors (Lipinski definition) is 1. The highest BCUT2D eigenvalue weighted by Crippen LogP contribution is 2.25. The van der Waals surface area contributed by atoms with Gasteiger partial charge in [0.25, 0.3) is 0 Å². The van der Waals surface area contributed by atoms with E-state index in [0.29, 0.717) is 12.0 Å². The van der Waals surface area contributed by atoms with Crippen molar-refractivity contribution in [3.63, 3.8) is 0 Å². The maximum atomic E-state index is 5.66. The number of rotatable bonds is 2. The summed E-state index contributed by atoms with van der Waals surface area (Å²) in [7, 11) is 4.36. The van der Waals surface area contributed by atoms with Crippen LogP contribution in [0.2, 0.25) is 0 Å². The lowest BCUT2D eigenvalue weighted by molar-refractivity contribution is 0.252. The van der Waals surface area contributed by atoms with Crippen molar-refractivity contribution in [3.05, 3.63) is 17.8 Å². The zero-order chi connectivity index (χ0) is 14.3. The van der Waals surface area contributed by atoms with E-state index in [4.69, 9.17) is 5.73 Å². The van der Waals surface area contributed by atoms with E-state index < -0.39 is 0 Å². The van der Waals surface area contributed by atoms with Crippen LogP contribution >= 0.6 is 0 Å². The Morgan fingerprint density at radius 3 is 2.75 bits per heavy atom. The van der Waals surface area contributed by atoms with Gasteiger partial charge < -0.3 is 15.5 Å². The fourth-order valence-corrected chi connectivity index (χ4v) is 2.98. The Morgan fingerprint density at radius 1 is 1.35 bits per heavy atom. The molecule has 0 saturated carbocycles. The number of aromatic nitrogens is 3. The van der Waals surface area contributed by atoms with Crippen LogP contribution in [0.4, 0.5) is 11.6 Å². The Hall–Kier alpha value is -1.82. The van der Waals surface area contributed by atoms with E-state index in [9.17, 15) is 0 Å². The molecule has 0 unspecified atom stereocenters. The van der Waals surface area contributed by atoms with Gasteiger partial charge in [-0.05, 0) is 51.5 Å².